The van der Waals surface area contributed by atoms with Gasteiger partial charge in [-0.15, -0.1) is 0 Å². The fraction of sp³-hybridized carbons (Fsp3) is 0.216. The minimum absolute atomic E-state index is 0.151. The molecular formula is C37H33FN2O7S. The van der Waals surface area contributed by atoms with E-state index in [2.05, 4.69) is 0 Å². The van der Waals surface area contributed by atoms with Crippen LogP contribution in [-0.4, -0.2) is 38.5 Å². The van der Waals surface area contributed by atoms with Gasteiger partial charge in [0.2, 0.25) is 0 Å². The van der Waals surface area contributed by atoms with E-state index in [0.29, 0.717) is 49.2 Å². The molecule has 0 radical (unpaired) electrons. The molecule has 9 nitrogen and oxygen atoms in total. The second kappa shape index (κ2) is 13.7. The van der Waals surface area contributed by atoms with Crippen LogP contribution in [0.3, 0.4) is 0 Å². The number of nitrogens with zero attached hydrogens (tertiary/aromatic N) is 2. The highest BCUT2D eigenvalue weighted by Gasteiger charge is 2.36. The van der Waals surface area contributed by atoms with E-state index in [1.54, 1.807) is 58.4 Å². The molecule has 0 saturated carbocycles. The van der Waals surface area contributed by atoms with Gasteiger partial charge in [-0.25, -0.2) is 14.2 Å². The molecule has 0 N–H and O–H groups in total. The maximum Gasteiger partial charge on any atom is 0.338 e. The lowest BCUT2D eigenvalue weighted by Gasteiger charge is -2.27. The average molecular weight is 669 g/mol. The number of halogens is 1. The smallest absolute Gasteiger partial charge is 0.338 e. The number of aromatic nitrogens is 1. The molecule has 0 fully saturated rings. The Morgan fingerprint density at radius 2 is 1.67 bits per heavy atom. The normalized spacial score (nSPS) is 14.4. The molecular weight excluding hydrogens is 635 g/mol. The summed E-state index contributed by atoms with van der Waals surface area (Å²) in [6.45, 7) is 3.85. The van der Waals surface area contributed by atoms with Gasteiger partial charge in [-0.3, -0.25) is 9.36 Å². The zero-order valence-corrected chi connectivity index (χ0v) is 27.9. The summed E-state index contributed by atoms with van der Waals surface area (Å²) in [6.07, 6.45) is 1.75. The molecule has 246 valence electrons. The topological polar surface area (TPSA) is 97.6 Å². The molecule has 0 aliphatic carbocycles. The van der Waals surface area contributed by atoms with Gasteiger partial charge in [-0.2, -0.15) is 0 Å². The number of carbonyl (C=O) groups excluding carboxylic acids is 1. The Morgan fingerprint density at radius 3 is 2.38 bits per heavy atom. The highest BCUT2D eigenvalue weighted by atomic mass is 32.1. The quantitative estimate of drug-likeness (QED) is 0.176. The molecule has 1 atom stereocenters. The van der Waals surface area contributed by atoms with Crippen molar-refractivity contribution in [2.24, 2.45) is 4.99 Å². The second-order valence-electron chi connectivity index (χ2n) is 10.9. The molecule has 0 spiro atoms. The molecule has 11 heteroatoms. The number of ether oxygens (including phenoxy) is 5. The van der Waals surface area contributed by atoms with E-state index >= 15 is 0 Å². The molecule has 0 bridgehead atoms. The molecule has 2 heterocycles. The molecule has 5 aromatic rings. The second-order valence-corrected chi connectivity index (χ2v) is 11.9. The average Bonchev–Trinajstić information content (AvgIpc) is 3.40. The van der Waals surface area contributed by atoms with Crippen LogP contribution in [0, 0.1) is 5.82 Å². The predicted octanol–water partition coefficient (Wildman–Crippen LogP) is 5.70. The van der Waals surface area contributed by atoms with E-state index < -0.39 is 12.0 Å². The number of benzene rings is 4. The lowest BCUT2D eigenvalue weighted by molar-refractivity contribution is -0.139. The number of hydrogen-bond acceptors (Lipinski definition) is 9. The van der Waals surface area contributed by atoms with E-state index in [-0.39, 0.29) is 30.2 Å². The molecule has 1 aliphatic heterocycles. The fourth-order valence-electron chi connectivity index (χ4n) is 5.74. The maximum absolute atomic E-state index is 14.4. The molecule has 4 aromatic carbocycles. The highest BCUT2D eigenvalue weighted by Crippen LogP contribution is 2.41. The molecule has 1 aromatic heterocycles. The first-order chi connectivity index (χ1) is 23.3. The van der Waals surface area contributed by atoms with Crippen molar-refractivity contribution in [3.05, 3.63) is 126 Å². The standard InChI is InChI=1S/C37H33FN2O7S/c1-6-46-36(42)32-21(2)39-37-40(34(32)33-27-19-26(43-3)14-10-24(27)11-16-29(33)44-4)35(41)31(48-37)18-23-9-15-28(30(17-23)45-5)47-20-22-7-12-25(38)13-8-22/h7-19,34H,6,20H2,1-5H3/b31-18-/t34-/m0/s1. The van der Waals surface area contributed by atoms with Gasteiger partial charge in [-0.1, -0.05) is 41.7 Å². The Morgan fingerprint density at radius 1 is 0.938 bits per heavy atom. The first-order valence-electron chi connectivity index (χ1n) is 15.2. The predicted molar refractivity (Wildman–Crippen MR) is 181 cm³/mol. The van der Waals surface area contributed by atoms with E-state index in [0.717, 1.165) is 16.3 Å². The molecule has 1 aliphatic rings. The monoisotopic (exact) mass is 668 g/mol. The third kappa shape index (κ3) is 6.16. The number of carbonyl (C=O) groups is 1. The van der Waals surface area contributed by atoms with Crippen molar-refractivity contribution in [1.29, 1.82) is 0 Å². The Bertz CT molecular complexity index is 2230. The number of esters is 1. The van der Waals surface area contributed by atoms with Gasteiger partial charge >= 0.3 is 5.97 Å². The summed E-state index contributed by atoms with van der Waals surface area (Å²) in [5.41, 5.74) is 2.46. The van der Waals surface area contributed by atoms with Crippen LogP contribution in [-0.2, 0) is 16.1 Å². The first kappa shape index (κ1) is 32.5. The summed E-state index contributed by atoms with van der Waals surface area (Å²) in [4.78, 5) is 33.1. The number of hydrogen-bond donors (Lipinski definition) is 0. The van der Waals surface area contributed by atoms with Gasteiger partial charge in [0.1, 0.15) is 30.0 Å². The van der Waals surface area contributed by atoms with Crippen LogP contribution in [0.4, 0.5) is 4.39 Å². The van der Waals surface area contributed by atoms with Gasteiger partial charge < -0.3 is 23.7 Å². The van der Waals surface area contributed by atoms with Crippen molar-refractivity contribution in [2.45, 2.75) is 26.5 Å². The van der Waals surface area contributed by atoms with Crippen molar-refractivity contribution in [2.75, 3.05) is 27.9 Å². The number of thiazole rings is 1. The van der Waals surface area contributed by atoms with Crippen molar-refractivity contribution in [1.82, 2.24) is 4.57 Å². The molecule has 48 heavy (non-hydrogen) atoms. The van der Waals surface area contributed by atoms with Crippen molar-refractivity contribution in [3.63, 3.8) is 0 Å². The largest absolute Gasteiger partial charge is 0.497 e. The molecule has 0 saturated heterocycles. The third-order valence-electron chi connectivity index (χ3n) is 8.03. The summed E-state index contributed by atoms with van der Waals surface area (Å²) in [5, 5.41) is 1.63. The summed E-state index contributed by atoms with van der Waals surface area (Å²) in [5.74, 6) is 1.18. The number of fused-ring (bicyclic) bond motifs is 2. The number of methoxy groups -OCH3 is 3. The summed E-state index contributed by atoms with van der Waals surface area (Å²) >= 11 is 1.21. The number of allylic oxidation sites excluding steroid dienone is 1. The highest BCUT2D eigenvalue weighted by molar-refractivity contribution is 7.07. The number of rotatable bonds is 10. The van der Waals surface area contributed by atoms with Crippen LogP contribution >= 0.6 is 11.3 Å². The van der Waals surface area contributed by atoms with Gasteiger partial charge in [0, 0.05) is 5.56 Å². The minimum Gasteiger partial charge on any atom is -0.497 e. The van der Waals surface area contributed by atoms with E-state index in [9.17, 15) is 14.0 Å². The maximum atomic E-state index is 14.4. The van der Waals surface area contributed by atoms with Crippen LogP contribution in [0.5, 0.6) is 23.0 Å². The Labute approximate surface area is 279 Å². The first-order valence-corrected chi connectivity index (χ1v) is 16.0. The van der Waals surface area contributed by atoms with E-state index in [1.165, 1.54) is 35.1 Å². The lowest BCUT2D eigenvalue weighted by Crippen LogP contribution is -2.40. The van der Waals surface area contributed by atoms with Gasteiger partial charge in [0.25, 0.3) is 5.56 Å². The van der Waals surface area contributed by atoms with E-state index in [1.807, 2.05) is 36.4 Å². The Kier molecular flexibility index (Phi) is 9.31. The third-order valence-corrected chi connectivity index (χ3v) is 9.02. The summed E-state index contributed by atoms with van der Waals surface area (Å²) < 4.78 is 43.7. The fourth-order valence-corrected chi connectivity index (χ4v) is 6.79. The molecule has 0 amide bonds. The van der Waals surface area contributed by atoms with Crippen molar-refractivity contribution >= 4 is 34.2 Å². The SMILES string of the molecule is CCOC(=O)C1=C(C)N=c2s/c(=C\c3ccc(OCc4ccc(F)cc4)c(OC)c3)c(=O)n2[C@@H]1c1c(OC)ccc2ccc(OC)cc12. The van der Waals surface area contributed by atoms with Crippen molar-refractivity contribution < 1.29 is 32.9 Å². The lowest BCUT2D eigenvalue weighted by atomic mass is 9.90. The van der Waals surface area contributed by atoms with Crippen LogP contribution < -0.4 is 33.8 Å². The Balaban J connectivity index is 1.49. The van der Waals surface area contributed by atoms with Crippen LogP contribution in [0.15, 0.2) is 93.9 Å². The van der Waals surface area contributed by atoms with Gasteiger partial charge in [-0.05, 0) is 84.3 Å². The summed E-state index contributed by atoms with van der Waals surface area (Å²) in [6, 6.07) is 19.9. The molecule has 0 unspecified atom stereocenters. The minimum atomic E-state index is -0.898. The van der Waals surface area contributed by atoms with Gasteiger partial charge in [0.15, 0.2) is 16.3 Å². The zero-order valence-electron chi connectivity index (χ0n) is 27.0. The van der Waals surface area contributed by atoms with Crippen LogP contribution in [0.25, 0.3) is 16.8 Å². The Hall–Kier alpha value is -5.42. The van der Waals surface area contributed by atoms with Crippen molar-refractivity contribution in [3.8, 4) is 23.0 Å². The zero-order chi connectivity index (χ0) is 33.9. The summed E-state index contributed by atoms with van der Waals surface area (Å²) in [7, 11) is 4.66. The van der Waals surface area contributed by atoms with Crippen LogP contribution in [0.2, 0.25) is 0 Å². The van der Waals surface area contributed by atoms with Crippen LogP contribution in [0.1, 0.15) is 36.6 Å². The van der Waals surface area contributed by atoms with E-state index in [4.69, 9.17) is 28.7 Å². The molecule has 6 rings (SSSR count). The van der Waals surface area contributed by atoms with Gasteiger partial charge in [0.05, 0.1) is 43.7 Å².